The Morgan fingerprint density at radius 3 is 2.93 bits per heavy atom. The number of fused-ring (bicyclic) bond motifs is 1. The van der Waals surface area contributed by atoms with Crippen molar-refractivity contribution in [2.75, 3.05) is 6.61 Å². The largest absolute Gasteiger partial charge is 0.449 e. The molecule has 1 amide bonds. The van der Waals surface area contributed by atoms with Crippen molar-refractivity contribution in [3.63, 3.8) is 0 Å². The summed E-state index contributed by atoms with van der Waals surface area (Å²) in [6.45, 7) is 3.69. The lowest BCUT2D eigenvalue weighted by Gasteiger charge is -2.16. The van der Waals surface area contributed by atoms with E-state index in [-0.39, 0.29) is 12.3 Å². The van der Waals surface area contributed by atoms with Crippen molar-refractivity contribution in [2.45, 2.75) is 26.7 Å². The van der Waals surface area contributed by atoms with Gasteiger partial charge in [-0.05, 0) is 44.4 Å². The molecular formula is C18H17ClF2N4O2. The number of amides is 1. The maximum absolute atomic E-state index is 14.2. The second-order valence-corrected chi connectivity index (χ2v) is 6.22. The summed E-state index contributed by atoms with van der Waals surface area (Å²) in [5, 5.41) is 8.63. The zero-order valence-electron chi connectivity index (χ0n) is 14.7. The predicted octanol–water partition coefficient (Wildman–Crippen LogP) is 4.09. The number of rotatable bonds is 4. The number of allylic oxidation sites excluding steroid dienone is 1. The number of hydrazone groups is 1. The van der Waals surface area contributed by atoms with E-state index in [0.29, 0.717) is 34.7 Å². The summed E-state index contributed by atoms with van der Waals surface area (Å²) in [4.78, 5) is 11.3. The topological polar surface area (TPSA) is 68.5 Å². The normalized spacial score (nSPS) is 13.8. The van der Waals surface area contributed by atoms with Gasteiger partial charge in [0.1, 0.15) is 11.5 Å². The van der Waals surface area contributed by atoms with Crippen molar-refractivity contribution >= 4 is 28.9 Å². The second-order valence-electron chi connectivity index (χ2n) is 5.84. The number of ether oxygens (including phenoxy) is 1. The van der Waals surface area contributed by atoms with Crippen molar-refractivity contribution < 1.29 is 18.3 Å². The Bertz CT molecular complexity index is 953. The number of carbonyl (C=O) groups is 1. The molecule has 142 valence electrons. The van der Waals surface area contributed by atoms with Crippen LogP contribution in [0.4, 0.5) is 13.6 Å². The monoisotopic (exact) mass is 394 g/mol. The highest BCUT2D eigenvalue weighted by Gasteiger charge is 2.26. The van der Waals surface area contributed by atoms with Gasteiger partial charge in [-0.2, -0.15) is 10.2 Å². The summed E-state index contributed by atoms with van der Waals surface area (Å²) in [7, 11) is 0. The first-order chi connectivity index (χ1) is 12.9. The Hall–Kier alpha value is -2.74. The SMILES string of the molecule is CCOC(=O)NN=CC1=C(Cl)c2c(C)nn(-c3ccc(F)cc3F)c2CC1. The molecule has 6 nitrogen and oxygen atoms in total. The average Bonchev–Trinajstić information content (AvgIpc) is 2.94. The third-order valence-corrected chi connectivity index (χ3v) is 4.51. The fraction of sp³-hybridized carbons (Fsp3) is 0.278. The van der Waals surface area contributed by atoms with E-state index in [1.54, 1.807) is 13.8 Å². The lowest BCUT2D eigenvalue weighted by molar-refractivity contribution is 0.152. The molecule has 1 aromatic carbocycles. The molecule has 0 saturated carbocycles. The second kappa shape index (κ2) is 7.87. The zero-order chi connectivity index (χ0) is 19.6. The molecule has 27 heavy (non-hydrogen) atoms. The number of hydrogen-bond acceptors (Lipinski definition) is 4. The van der Waals surface area contributed by atoms with Gasteiger partial charge >= 0.3 is 6.09 Å². The van der Waals surface area contributed by atoms with Gasteiger partial charge in [0.15, 0.2) is 5.82 Å². The summed E-state index contributed by atoms with van der Waals surface area (Å²) in [5.41, 5.74) is 5.15. The third-order valence-electron chi connectivity index (χ3n) is 4.08. The molecule has 3 rings (SSSR count). The van der Waals surface area contributed by atoms with Gasteiger partial charge in [-0.3, -0.25) is 0 Å². The molecule has 1 heterocycles. The zero-order valence-corrected chi connectivity index (χ0v) is 15.5. The molecular weight excluding hydrogens is 378 g/mol. The number of aryl methyl sites for hydroxylation is 1. The van der Waals surface area contributed by atoms with E-state index in [9.17, 15) is 13.6 Å². The Balaban J connectivity index is 1.94. The van der Waals surface area contributed by atoms with Crippen molar-refractivity contribution in [1.82, 2.24) is 15.2 Å². The van der Waals surface area contributed by atoms with Gasteiger partial charge in [-0.15, -0.1) is 0 Å². The molecule has 0 spiro atoms. The van der Waals surface area contributed by atoms with Gasteiger partial charge in [-0.1, -0.05) is 11.6 Å². The first-order valence-electron chi connectivity index (χ1n) is 8.31. The summed E-state index contributed by atoms with van der Waals surface area (Å²) in [6.07, 6.45) is 1.85. The van der Waals surface area contributed by atoms with Gasteiger partial charge in [-0.25, -0.2) is 23.7 Å². The van der Waals surface area contributed by atoms with E-state index < -0.39 is 17.7 Å². The van der Waals surface area contributed by atoms with Crippen LogP contribution in [0, 0.1) is 18.6 Å². The van der Waals surface area contributed by atoms with Crippen LogP contribution in [-0.2, 0) is 11.2 Å². The van der Waals surface area contributed by atoms with E-state index in [1.807, 2.05) is 0 Å². The van der Waals surface area contributed by atoms with Crippen LogP contribution in [0.15, 0.2) is 28.9 Å². The lowest BCUT2D eigenvalue weighted by atomic mass is 9.96. The van der Waals surface area contributed by atoms with Gasteiger partial charge < -0.3 is 4.74 Å². The number of benzene rings is 1. The van der Waals surface area contributed by atoms with Crippen LogP contribution in [-0.4, -0.2) is 28.7 Å². The van der Waals surface area contributed by atoms with Crippen LogP contribution in [0.3, 0.4) is 0 Å². The minimum atomic E-state index is -0.702. The van der Waals surface area contributed by atoms with E-state index in [2.05, 4.69) is 15.6 Å². The molecule has 0 saturated heterocycles. The van der Waals surface area contributed by atoms with Gasteiger partial charge in [0, 0.05) is 11.6 Å². The fourth-order valence-electron chi connectivity index (χ4n) is 2.91. The van der Waals surface area contributed by atoms with E-state index >= 15 is 0 Å². The minimum absolute atomic E-state index is 0.159. The van der Waals surface area contributed by atoms with Crippen molar-refractivity contribution in [2.24, 2.45) is 5.10 Å². The highest BCUT2D eigenvalue weighted by Crippen LogP contribution is 2.36. The molecule has 0 unspecified atom stereocenters. The number of nitrogens with zero attached hydrogens (tertiary/aromatic N) is 3. The van der Waals surface area contributed by atoms with E-state index in [1.165, 1.54) is 23.0 Å². The molecule has 0 aliphatic heterocycles. The molecule has 1 aromatic heterocycles. The van der Waals surface area contributed by atoms with E-state index in [4.69, 9.17) is 16.3 Å². The molecule has 0 bridgehead atoms. The van der Waals surface area contributed by atoms with Crippen LogP contribution < -0.4 is 5.43 Å². The Kier molecular flexibility index (Phi) is 5.55. The molecule has 1 aliphatic carbocycles. The Morgan fingerprint density at radius 2 is 2.22 bits per heavy atom. The quantitative estimate of drug-likeness (QED) is 0.627. The molecule has 1 aliphatic rings. The van der Waals surface area contributed by atoms with E-state index in [0.717, 1.165) is 11.8 Å². The minimum Gasteiger partial charge on any atom is -0.449 e. The molecule has 0 fully saturated rings. The lowest BCUT2D eigenvalue weighted by Crippen LogP contribution is -2.19. The van der Waals surface area contributed by atoms with Crippen molar-refractivity contribution in [1.29, 1.82) is 0 Å². The molecule has 9 heteroatoms. The standard InChI is InChI=1S/C18H17ClF2N4O2/c1-3-27-18(26)23-22-9-11-4-6-15-16(17(11)19)10(2)24-25(15)14-7-5-12(20)8-13(14)21/h5,7-9H,3-4,6H2,1-2H3,(H,23,26). The highest BCUT2D eigenvalue weighted by molar-refractivity contribution is 6.51. The Morgan fingerprint density at radius 1 is 1.44 bits per heavy atom. The number of aromatic nitrogens is 2. The van der Waals surface area contributed by atoms with Crippen molar-refractivity contribution in [3.8, 4) is 5.69 Å². The number of nitrogens with one attached hydrogen (secondary N) is 1. The fourth-order valence-corrected chi connectivity index (χ4v) is 3.30. The molecule has 1 N–H and O–H groups in total. The van der Waals surface area contributed by atoms with Crippen molar-refractivity contribution in [3.05, 3.63) is 52.4 Å². The number of hydrogen-bond donors (Lipinski definition) is 1. The van der Waals surface area contributed by atoms with Crippen LogP contribution in [0.1, 0.15) is 30.3 Å². The molecule has 2 aromatic rings. The molecule has 0 radical (unpaired) electrons. The summed E-state index contributed by atoms with van der Waals surface area (Å²) in [6, 6.07) is 3.34. The van der Waals surface area contributed by atoms with Gasteiger partial charge in [0.05, 0.1) is 29.2 Å². The van der Waals surface area contributed by atoms with Gasteiger partial charge in [0.25, 0.3) is 0 Å². The number of halogens is 3. The highest BCUT2D eigenvalue weighted by atomic mass is 35.5. The Labute approximate surface area is 159 Å². The number of carbonyl (C=O) groups excluding carboxylic acids is 1. The van der Waals surface area contributed by atoms with Crippen LogP contribution >= 0.6 is 11.6 Å². The predicted molar refractivity (Wildman–Crippen MR) is 98.0 cm³/mol. The third kappa shape index (κ3) is 3.85. The van der Waals surface area contributed by atoms with Crippen LogP contribution in [0.5, 0.6) is 0 Å². The molecule has 0 atom stereocenters. The van der Waals surface area contributed by atoms with Crippen LogP contribution in [0.25, 0.3) is 10.7 Å². The summed E-state index contributed by atoms with van der Waals surface area (Å²) >= 11 is 6.50. The summed E-state index contributed by atoms with van der Waals surface area (Å²) in [5.74, 6) is -1.36. The first-order valence-corrected chi connectivity index (χ1v) is 8.69. The maximum Gasteiger partial charge on any atom is 0.427 e. The van der Waals surface area contributed by atoms with Gasteiger partial charge in [0.2, 0.25) is 0 Å². The van der Waals surface area contributed by atoms with Crippen LogP contribution in [0.2, 0.25) is 0 Å². The smallest absolute Gasteiger partial charge is 0.427 e. The first kappa shape index (κ1) is 19.0. The maximum atomic E-state index is 14.2. The average molecular weight is 395 g/mol. The summed E-state index contributed by atoms with van der Waals surface area (Å²) < 4.78 is 33.5.